The lowest BCUT2D eigenvalue weighted by Gasteiger charge is -2.30. The van der Waals surface area contributed by atoms with E-state index in [4.69, 9.17) is 26.1 Å². The van der Waals surface area contributed by atoms with Crippen LogP contribution in [0.3, 0.4) is 0 Å². The maximum Gasteiger partial charge on any atom is 0.338 e. The van der Waals surface area contributed by atoms with Crippen molar-refractivity contribution in [1.82, 2.24) is 16.1 Å². The molecular formula is C21H21BrN4O5S. The highest BCUT2D eigenvalue weighted by atomic mass is 79.9. The van der Waals surface area contributed by atoms with E-state index in [1.807, 2.05) is 0 Å². The van der Waals surface area contributed by atoms with Gasteiger partial charge >= 0.3 is 5.97 Å². The van der Waals surface area contributed by atoms with Crippen molar-refractivity contribution in [3.63, 3.8) is 0 Å². The molecule has 0 unspecified atom stereocenters. The zero-order valence-corrected chi connectivity index (χ0v) is 19.7. The van der Waals surface area contributed by atoms with E-state index in [-0.39, 0.29) is 13.2 Å². The second-order valence-electron chi connectivity index (χ2n) is 6.55. The van der Waals surface area contributed by atoms with E-state index < -0.39 is 17.9 Å². The van der Waals surface area contributed by atoms with Crippen molar-refractivity contribution in [2.24, 2.45) is 5.10 Å². The summed E-state index contributed by atoms with van der Waals surface area (Å²) in [5.41, 5.74) is 3.97. The number of para-hydroxylation sites is 1. The predicted octanol–water partition coefficient (Wildman–Crippen LogP) is 2.93. The highest BCUT2D eigenvalue weighted by Crippen LogP contribution is 2.33. The third kappa shape index (κ3) is 5.95. The van der Waals surface area contributed by atoms with Gasteiger partial charge < -0.3 is 24.5 Å². The molecule has 0 spiro atoms. The zero-order chi connectivity index (χ0) is 23.1. The van der Waals surface area contributed by atoms with E-state index in [0.717, 1.165) is 0 Å². The number of carbonyl (C=O) groups excluding carboxylic acids is 2. The number of nitrogens with one attached hydrogen (secondary N) is 3. The van der Waals surface area contributed by atoms with Crippen molar-refractivity contribution in [3.8, 4) is 5.75 Å². The Morgan fingerprint density at radius 2 is 2.09 bits per heavy atom. The van der Waals surface area contributed by atoms with Crippen LogP contribution in [0.25, 0.3) is 0 Å². The number of benzene rings is 1. The number of thiocarbonyl (C=S) groups is 1. The van der Waals surface area contributed by atoms with Crippen molar-refractivity contribution < 1.29 is 23.5 Å². The van der Waals surface area contributed by atoms with Crippen molar-refractivity contribution >= 4 is 51.4 Å². The van der Waals surface area contributed by atoms with Crippen molar-refractivity contribution in [1.29, 1.82) is 0 Å². The summed E-state index contributed by atoms with van der Waals surface area (Å²) in [6.45, 7) is 3.43. The molecule has 0 fully saturated rings. The van der Waals surface area contributed by atoms with Gasteiger partial charge in [0.1, 0.15) is 11.5 Å². The molecule has 1 aliphatic heterocycles. The van der Waals surface area contributed by atoms with Crippen LogP contribution in [0.4, 0.5) is 0 Å². The van der Waals surface area contributed by atoms with Crippen LogP contribution in [0.5, 0.6) is 5.75 Å². The van der Waals surface area contributed by atoms with Gasteiger partial charge in [-0.2, -0.15) is 5.10 Å². The number of hydrogen-bond acceptors (Lipinski definition) is 7. The highest BCUT2D eigenvalue weighted by molar-refractivity contribution is 9.10. The first-order chi connectivity index (χ1) is 15.4. The average Bonchev–Trinajstić information content (AvgIpc) is 3.17. The summed E-state index contributed by atoms with van der Waals surface area (Å²) in [4.78, 5) is 24.7. The quantitative estimate of drug-likeness (QED) is 0.210. The molecule has 1 amide bonds. The smallest absolute Gasteiger partial charge is 0.338 e. The Morgan fingerprint density at radius 3 is 2.81 bits per heavy atom. The van der Waals surface area contributed by atoms with E-state index in [2.05, 4.69) is 37.1 Å². The molecule has 9 nitrogen and oxygen atoms in total. The number of rotatable bonds is 8. The number of esters is 1. The van der Waals surface area contributed by atoms with Crippen LogP contribution < -0.4 is 20.8 Å². The van der Waals surface area contributed by atoms with E-state index in [1.165, 1.54) is 6.21 Å². The molecular weight excluding hydrogens is 500 g/mol. The van der Waals surface area contributed by atoms with Crippen molar-refractivity contribution in [3.05, 3.63) is 63.7 Å². The Kier molecular flexibility index (Phi) is 8.01. The fraction of sp³-hybridized carbons (Fsp3) is 0.238. The third-order valence-corrected chi connectivity index (χ3v) is 4.97. The van der Waals surface area contributed by atoms with Gasteiger partial charge in [0.05, 0.1) is 24.4 Å². The standard InChI is InChI=1S/C21H21BrN4O5S/c1-3-29-20(28)18-12(2)24-21(32)25-19(18)14-6-4-5-7-15(14)30-11-17(27)26-23-10-13-8-9-16(22)31-13/h4-10,19H,3,11H2,1-2H3,(H,26,27)(H2,24,25,32)/t19-/m0/s1. The Morgan fingerprint density at radius 1 is 1.31 bits per heavy atom. The predicted molar refractivity (Wildman–Crippen MR) is 125 cm³/mol. The molecule has 11 heteroatoms. The van der Waals surface area contributed by atoms with Gasteiger partial charge in [0, 0.05) is 11.3 Å². The van der Waals surface area contributed by atoms with Gasteiger partial charge in [0.25, 0.3) is 5.91 Å². The molecule has 3 rings (SSSR count). The second kappa shape index (κ2) is 10.9. The number of halogens is 1. The normalized spacial score (nSPS) is 15.8. The molecule has 0 aliphatic carbocycles. The summed E-state index contributed by atoms with van der Waals surface area (Å²) < 4.78 is 16.7. The molecule has 1 aromatic heterocycles. The second-order valence-corrected chi connectivity index (χ2v) is 7.74. The molecule has 1 aliphatic rings. The van der Waals surface area contributed by atoms with Gasteiger partial charge in [0.15, 0.2) is 16.4 Å². The lowest BCUT2D eigenvalue weighted by molar-refractivity contribution is -0.139. The molecule has 3 N–H and O–H groups in total. The molecule has 168 valence electrons. The molecule has 1 aromatic carbocycles. The monoisotopic (exact) mass is 520 g/mol. The highest BCUT2D eigenvalue weighted by Gasteiger charge is 2.32. The molecule has 0 saturated heterocycles. The fourth-order valence-corrected chi connectivity index (χ4v) is 3.59. The first-order valence-corrected chi connectivity index (χ1v) is 10.8. The maximum atomic E-state index is 12.6. The number of nitrogens with zero attached hydrogens (tertiary/aromatic N) is 1. The zero-order valence-electron chi connectivity index (χ0n) is 17.3. The molecule has 0 bridgehead atoms. The minimum absolute atomic E-state index is 0.237. The van der Waals surface area contributed by atoms with Crippen molar-refractivity contribution in [2.75, 3.05) is 13.2 Å². The topological polar surface area (TPSA) is 114 Å². The average molecular weight is 521 g/mol. The van der Waals surface area contributed by atoms with E-state index in [0.29, 0.717) is 38.1 Å². The number of furan rings is 1. The largest absolute Gasteiger partial charge is 0.483 e. The van der Waals surface area contributed by atoms with E-state index in [9.17, 15) is 9.59 Å². The molecule has 32 heavy (non-hydrogen) atoms. The summed E-state index contributed by atoms with van der Waals surface area (Å²) in [5.74, 6) is -0.0415. The van der Waals surface area contributed by atoms with Gasteiger partial charge in [-0.1, -0.05) is 18.2 Å². The fourth-order valence-electron chi connectivity index (χ4n) is 3.00. The molecule has 0 saturated carbocycles. The summed E-state index contributed by atoms with van der Waals surface area (Å²) >= 11 is 8.45. The molecule has 2 heterocycles. The van der Waals surface area contributed by atoms with Crippen LogP contribution in [0.1, 0.15) is 31.2 Å². The first-order valence-electron chi connectivity index (χ1n) is 9.63. The van der Waals surface area contributed by atoms with Crippen LogP contribution in [0.2, 0.25) is 0 Å². The van der Waals surface area contributed by atoms with Crippen LogP contribution >= 0.6 is 28.1 Å². The van der Waals surface area contributed by atoms with Gasteiger partial charge in [-0.3, -0.25) is 4.79 Å². The SMILES string of the molecule is CCOC(=O)C1=C(C)NC(=S)N[C@H]1c1ccccc1OCC(=O)NN=Cc1ccc(Br)o1. The Hall–Kier alpha value is -3.18. The van der Waals surface area contributed by atoms with Crippen LogP contribution in [0, 0.1) is 0 Å². The number of hydrogen-bond donors (Lipinski definition) is 3. The van der Waals surface area contributed by atoms with Crippen LogP contribution in [0.15, 0.2) is 61.9 Å². The summed E-state index contributed by atoms with van der Waals surface area (Å²) in [6, 6.07) is 9.87. The Balaban J connectivity index is 1.72. The van der Waals surface area contributed by atoms with E-state index >= 15 is 0 Å². The number of ether oxygens (including phenoxy) is 2. The minimum Gasteiger partial charge on any atom is -0.483 e. The maximum absolute atomic E-state index is 12.6. The van der Waals surface area contributed by atoms with Gasteiger partial charge in [-0.25, -0.2) is 10.2 Å². The van der Waals surface area contributed by atoms with Crippen LogP contribution in [-0.2, 0) is 14.3 Å². The minimum atomic E-state index is -0.600. The Bertz CT molecular complexity index is 1080. The number of amides is 1. The third-order valence-electron chi connectivity index (χ3n) is 4.33. The lowest BCUT2D eigenvalue weighted by Crippen LogP contribution is -2.45. The Labute approximate surface area is 198 Å². The molecule has 1 atom stereocenters. The number of allylic oxidation sites excluding steroid dienone is 1. The number of carbonyl (C=O) groups is 2. The van der Waals surface area contributed by atoms with Crippen LogP contribution in [-0.4, -0.2) is 36.4 Å². The van der Waals surface area contributed by atoms with Gasteiger partial charge in [-0.05, 0) is 60.2 Å². The summed E-state index contributed by atoms with van der Waals surface area (Å²) in [6.07, 6.45) is 1.37. The van der Waals surface area contributed by atoms with E-state index in [1.54, 1.807) is 50.2 Å². The molecule has 0 radical (unpaired) electrons. The number of hydrazone groups is 1. The summed E-state index contributed by atoms with van der Waals surface area (Å²) in [7, 11) is 0. The van der Waals surface area contributed by atoms with Gasteiger partial charge in [-0.15, -0.1) is 0 Å². The molecule has 2 aromatic rings. The lowest BCUT2D eigenvalue weighted by atomic mass is 9.95. The summed E-state index contributed by atoms with van der Waals surface area (Å²) in [5, 5.41) is 10.2. The van der Waals surface area contributed by atoms with Crippen molar-refractivity contribution in [2.45, 2.75) is 19.9 Å². The first kappa shape index (κ1) is 23.5. The van der Waals surface area contributed by atoms with Gasteiger partial charge in [0.2, 0.25) is 0 Å².